The van der Waals surface area contributed by atoms with Gasteiger partial charge in [-0.1, -0.05) is 182 Å². The Bertz CT molecular complexity index is 3080. The van der Waals surface area contributed by atoms with Crippen LogP contribution in [0.5, 0.6) is 0 Å². The lowest BCUT2D eigenvalue weighted by Gasteiger charge is -2.40. The topological polar surface area (TPSA) is 25.8 Å². The van der Waals surface area contributed by atoms with E-state index in [0.29, 0.717) is 0 Å². The molecule has 3 aliphatic rings. The van der Waals surface area contributed by atoms with E-state index >= 15 is 0 Å². The second kappa shape index (κ2) is 12.6. The second-order valence-corrected chi connectivity index (χ2v) is 16.3. The molecule has 9 aromatic rings. The van der Waals surface area contributed by atoms with Gasteiger partial charge in [-0.05, 0) is 97.1 Å². The van der Waals surface area contributed by atoms with Crippen molar-refractivity contribution in [3.8, 4) is 56.2 Å². The maximum Gasteiger partial charge on any atom is 0.160 e. The molecule has 0 saturated carbocycles. The molecule has 0 saturated heterocycles. The number of rotatable bonds is 4. The maximum atomic E-state index is 5.19. The molecule has 1 spiro atoms. The van der Waals surface area contributed by atoms with Crippen LogP contribution in [0.2, 0.25) is 0 Å². The van der Waals surface area contributed by atoms with Crippen LogP contribution in [0.15, 0.2) is 198 Å². The Hall–Kier alpha value is -6.81. The van der Waals surface area contributed by atoms with Gasteiger partial charge in [-0.25, -0.2) is 9.97 Å². The summed E-state index contributed by atoms with van der Waals surface area (Å²) in [5, 5.41) is 2.59. The fourth-order valence-corrected chi connectivity index (χ4v) is 11.0. The summed E-state index contributed by atoms with van der Waals surface area (Å²) in [6.45, 7) is 0. The zero-order valence-corrected chi connectivity index (χ0v) is 31.8. The van der Waals surface area contributed by atoms with Crippen molar-refractivity contribution in [3.63, 3.8) is 0 Å². The van der Waals surface area contributed by atoms with Gasteiger partial charge in [0.2, 0.25) is 0 Å². The number of hydrogen-bond acceptors (Lipinski definition) is 3. The van der Waals surface area contributed by atoms with Crippen molar-refractivity contribution in [1.29, 1.82) is 0 Å². The summed E-state index contributed by atoms with van der Waals surface area (Å²) >= 11 is 1.90. The largest absolute Gasteiger partial charge is 0.228 e. The van der Waals surface area contributed by atoms with E-state index in [1.165, 1.54) is 76.2 Å². The molecule has 0 N–H and O–H groups in total. The van der Waals surface area contributed by atoms with Crippen LogP contribution in [-0.2, 0) is 11.8 Å². The minimum atomic E-state index is -0.399. The van der Waals surface area contributed by atoms with Crippen LogP contribution in [0.1, 0.15) is 33.4 Å². The van der Waals surface area contributed by atoms with Gasteiger partial charge in [-0.3, -0.25) is 0 Å². The molecule has 266 valence electrons. The SMILES string of the molecule is C1=Cc2cc(-c3cc(-c4ccc(-c5cccc6c5Sc5ccccc5C65c6ccccc6-c6ccccc65)cc4)nc(-c4ccccc4)n3)cc3cccc(c23)C1. The van der Waals surface area contributed by atoms with E-state index in [4.69, 9.17) is 9.97 Å². The average Bonchev–Trinajstić information content (AvgIpc) is 3.57. The highest BCUT2D eigenvalue weighted by Crippen LogP contribution is 2.63. The summed E-state index contributed by atoms with van der Waals surface area (Å²) in [6.07, 6.45) is 5.48. The summed E-state index contributed by atoms with van der Waals surface area (Å²) in [5.74, 6) is 0.722. The van der Waals surface area contributed by atoms with Gasteiger partial charge in [0.05, 0.1) is 16.8 Å². The van der Waals surface area contributed by atoms with Gasteiger partial charge in [-0.15, -0.1) is 0 Å². The van der Waals surface area contributed by atoms with Crippen molar-refractivity contribution < 1.29 is 0 Å². The Labute approximate surface area is 336 Å². The summed E-state index contributed by atoms with van der Waals surface area (Å²) in [6, 6.07) is 66.6. The summed E-state index contributed by atoms with van der Waals surface area (Å²) in [7, 11) is 0. The summed E-state index contributed by atoms with van der Waals surface area (Å²) < 4.78 is 0. The highest BCUT2D eigenvalue weighted by molar-refractivity contribution is 7.99. The third-order valence-corrected chi connectivity index (χ3v) is 13.4. The van der Waals surface area contributed by atoms with Crippen LogP contribution in [0.4, 0.5) is 0 Å². The molecule has 57 heavy (non-hydrogen) atoms. The first-order valence-corrected chi connectivity index (χ1v) is 20.4. The Balaban J connectivity index is 1.00. The Morgan fingerprint density at radius 2 is 1.09 bits per heavy atom. The lowest BCUT2D eigenvalue weighted by atomic mass is 9.67. The van der Waals surface area contributed by atoms with Gasteiger partial charge in [-0.2, -0.15) is 0 Å². The highest BCUT2D eigenvalue weighted by atomic mass is 32.2. The van der Waals surface area contributed by atoms with Crippen molar-refractivity contribution in [1.82, 2.24) is 9.97 Å². The van der Waals surface area contributed by atoms with Crippen LogP contribution < -0.4 is 0 Å². The molecule has 0 fully saturated rings. The van der Waals surface area contributed by atoms with E-state index in [1.54, 1.807) is 0 Å². The molecule has 1 aliphatic heterocycles. The van der Waals surface area contributed by atoms with Crippen LogP contribution in [0.25, 0.3) is 73.0 Å². The minimum Gasteiger partial charge on any atom is -0.228 e. The predicted octanol–water partition coefficient (Wildman–Crippen LogP) is 13.7. The van der Waals surface area contributed by atoms with Crippen molar-refractivity contribution in [2.75, 3.05) is 0 Å². The van der Waals surface area contributed by atoms with Gasteiger partial charge in [0.15, 0.2) is 5.82 Å². The zero-order valence-electron chi connectivity index (χ0n) is 31.0. The molecule has 0 radical (unpaired) electrons. The molecular formula is C54H34N2S. The van der Waals surface area contributed by atoms with E-state index in [9.17, 15) is 0 Å². The van der Waals surface area contributed by atoms with Crippen molar-refractivity contribution in [3.05, 3.63) is 221 Å². The molecule has 0 amide bonds. The number of fused-ring (bicyclic) bond motifs is 9. The van der Waals surface area contributed by atoms with Crippen molar-refractivity contribution in [2.24, 2.45) is 0 Å². The Morgan fingerprint density at radius 1 is 0.456 bits per heavy atom. The van der Waals surface area contributed by atoms with E-state index in [-0.39, 0.29) is 0 Å². The fraction of sp³-hybridized carbons (Fsp3) is 0.0370. The average molecular weight is 743 g/mol. The number of hydrogen-bond donors (Lipinski definition) is 0. The molecule has 0 atom stereocenters. The van der Waals surface area contributed by atoms with E-state index < -0.39 is 5.41 Å². The molecule has 2 nitrogen and oxygen atoms in total. The molecule has 2 aliphatic carbocycles. The smallest absolute Gasteiger partial charge is 0.160 e. The molecule has 1 aromatic heterocycles. The van der Waals surface area contributed by atoms with Crippen LogP contribution in [0.3, 0.4) is 0 Å². The summed E-state index contributed by atoms with van der Waals surface area (Å²) in [5.41, 5.74) is 17.7. The summed E-state index contributed by atoms with van der Waals surface area (Å²) in [4.78, 5) is 13.0. The standard InChI is InChI=1S/C54H34N2S/c1-2-13-37(14-3-1)53-55-48(33-49(56-53)40-31-38-17-10-15-36-16-11-18-39(32-40)51(36)38)35-29-27-34(28-30-35)41-21-12-25-47-52(41)57-50-26-9-8-24-46(50)54(47)44-22-6-4-19-42(44)43-20-5-7-23-45(43)54/h1-15,17-33H,16H2. The quantitative estimate of drug-likeness (QED) is 0.180. The molecule has 12 rings (SSSR count). The van der Waals surface area contributed by atoms with Crippen molar-refractivity contribution in [2.45, 2.75) is 21.6 Å². The van der Waals surface area contributed by atoms with Gasteiger partial charge >= 0.3 is 0 Å². The van der Waals surface area contributed by atoms with E-state index in [0.717, 1.165) is 40.3 Å². The van der Waals surface area contributed by atoms with Crippen LogP contribution in [0, 0.1) is 0 Å². The van der Waals surface area contributed by atoms with Crippen LogP contribution in [-0.4, -0.2) is 9.97 Å². The van der Waals surface area contributed by atoms with Gasteiger partial charge in [0, 0.05) is 26.5 Å². The second-order valence-electron chi connectivity index (χ2n) is 15.2. The third kappa shape index (κ3) is 4.86. The number of benzene rings is 8. The minimum absolute atomic E-state index is 0.399. The zero-order chi connectivity index (χ0) is 37.5. The molecule has 0 unspecified atom stereocenters. The molecular weight excluding hydrogens is 709 g/mol. The van der Waals surface area contributed by atoms with Gasteiger partial charge in [0.1, 0.15) is 0 Å². The first kappa shape index (κ1) is 32.4. The maximum absolute atomic E-state index is 5.19. The molecule has 0 bridgehead atoms. The molecule has 8 aromatic carbocycles. The number of aromatic nitrogens is 2. The Morgan fingerprint density at radius 3 is 1.88 bits per heavy atom. The lowest BCUT2D eigenvalue weighted by Crippen LogP contribution is -2.32. The molecule has 3 heteroatoms. The van der Waals surface area contributed by atoms with E-state index in [2.05, 4.69) is 188 Å². The van der Waals surface area contributed by atoms with Gasteiger partial charge in [0.25, 0.3) is 0 Å². The Kier molecular flexibility index (Phi) is 7.17. The predicted molar refractivity (Wildman–Crippen MR) is 235 cm³/mol. The van der Waals surface area contributed by atoms with Crippen molar-refractivity contribution >= 4 is 28.6 Å². The lowest BCUT2D eigenvalue weighted by molar-refractivity contribution is 0.723. The van der Waals surface area contributed by atoms with E-state index in [1.807, 2.05) is 17.8 Å². The number of nitrogens with zero attached hydrogens (tertiary/aromatic N) is 2. The highest BCUT2D eigenvalue weighted by Gasteiger charge is 2.50. The number of allylic oxidation sites excluding steroid dienone is 1. The molecule has 2 heterocycles. The fourth-order valence-electron chi connectivity index (χ4n) is 9.69. The normalized spacial score (nSPS) is 13.9. The monoisotopic (exact) mass is 742 g/mol. The van der Waals surface area contributed by atoms with Crippen LogP contribution >= 0.6 is 11.8 Å². The first-order chi connectivity index (χ1) is 28.2. The van der Waals surface area contributed by atoms with Gasteiger partial charge < -0.3 is 0 Å². The third-order valence-electron chi connectivity index (χ3n) is 12.1. The first-order valence-electron chi connectivity index (χ1n) is 19.6.